The molecule has 0 aliphatic rings. The summed E-state index contributed by atoms with van der Waals surface area (Å²) in [6.45, 7) is 3.91. The fourth-order valence-electron chi connectivity index (χ4n) is 1.50. The van der Waals surface area contributed by atoms with E-state index in [2.05, 4.69) is 15.5 Å². The molecule has 1 aromatic heterocycles. The Morgan fingerprint density at radius 2 is 2.00 bits per heavy atom. The number of hydrogen-bond acceptors (Lipinski definition) is 2. The van der Waals surface area contributed by atoms with Gasteiger partial charge < -0.3 is 5.32 Å². The van der Waals surface area contributed by atoms with Crippen molar-refractivity contribution in [1.29, 1.82) is 0 Å². The standard InChI is InChI=1S/C14H15N3O/c1-10-3-5-12(6-4-10)7-8-14(18)15-13-9-11(2)16-17-13/h3-9H,1-2H3,(H2,15,16,17,18)/b8-7+. The van der Waals surface area contributed by atoms with E-state index in [0.29, 0.717) is 5.82 Å². The van der Waals surface area contributed by atoms with Gasteiger partial charge in [-0.3, -0.25) is 9.89 Å². The minimum atomic E-state index is -0.193. The molecule has 4 nitrogen and oxygen atoms in total. The van der Waals surface area contributed by atoms with Crippen LogP contribution in [0.5, 0.6) is 0 Å². The second-order valence-corrected chi connectivity index (χ2v) is 4.17. The summed E-state index contributed by atoms with van der Waals surface area (Å²) in [5.41, 5.74) is 3.10. The summed E-state index contributed by atoms with van der Waals surface area (Å²) >= 11 is 0. The average Bonchev–Trinajstić information content (AvgIpc) is 2.74. The van der Waals surface area contributed by atoms with Crippen molar-refractivity contribution in [3.8, 4) is 0 Å². The van der Waals surface area contributed by atoms with Gasteiger partial charge in [0.1, 0.15) is 0 Å². The van der Waals surface area contributed by atoms with Crippen LogP contribution in [0.15, 0.2) is 36.4 Å². The van der Waals surface area contributed by atoms with Crippen LogP contribution in [0.1, 0.15) is 16.8 Å². The summed E-state index contributed by atoms with van der Waals surface area (Å²) in [6.07, 6.45) is 3.27. The van der Waals surface area contributed by atoms with E-state index in [9.17, 15) is 4.79 Å². The molecule has 0 aliphatic carbocycles. The van der Waals surface area contributed by atoms with Gasteiger partial charge in [0.05, 0.1) is 0 Å². The third-order valence-corrected chi connectivity index (χ3v) is 2.46. The van der Waals surface area contributed by atoms with E-state index in [-0.39, 0.29) is 5.91 Å². The van der Waals surface area contributed by atoms with Gasteiger partial charge in [0.25, 0.3) is 0 Å². The first-order valence-electron chi connectivity index (χ1n) is 5.71. The first-order chi connectivity index (χ1) is 8.63. The lowest BCUT2D eigenvalue weighted by Gasteiger charge is -1.96. The fourth-order valence-corrected chi connectivity index (χ4v) is 1.50. The van der Waals surface area contributed by atoms with Crippen LogP contribution in [0, 0.1) is 13.8 Å². The molecule has 0 aliphatic heterocycles. The maximum Gasteiger partial charge on any atom is 0.249 e. The molecular weight excluding hydrogens is 226 g/mol. The summed E-state index contributed by atoms with van der Waals surface area (Å²) < 4.78 is 0. The predicted octanol–water partition coefficient (Wildman–Crippen LogP) is 2.68. The first-order valence-corrected chi connectivity index (χ1v) is 5.71. The maximum absolute atomic E-state index is 11.6. The average molecular weight is 241 g/mol. The van der Waals surface area contributed by atoms with Crippen LogP contribution in [-0.2, 0) is 4.79 Å². The Bertz CT molecular complexity index is 567. The number of H-pyrrole nitrogens is 1. The Morgan fingerprint density at radius 3 is 2.61 bits per heavy atom. The Hall–Kier alpha value is -2.36. The molecule has 4 heteroatoms. The molecule has 1 aromatic carbocycles. The molecule has 0 unspecified atom stereocenters. The SMILES string of the molecule is Cc1ccc(/C=C/C(=O)Nc2cc(C)[nH]n2)cc1. The van der Waals surface area contributed by atoms with Gasteiger partial charge in [-0.15, -0.1) is 0 Å². The molecule has 0 saturated heterocycles. The number of aromatic amines is 1. The van der Waals surface area contributed by atoms with Crippen molar-refractivity contribution in [3.63, 3.8) is 0 Å². The van der Waals surface area contributed by atoms with Gasteiger partial charge in [-0.2, -0.15) is 5.10 Å². The number of rotatable bonds is 3. The van der Waals surface area contributed by atoms with Crippen molar-refractivity contribution in [3.05, 3.63) is 53.2 Å². The van der Waals surface area contributed by atoms with Crippen molar-refractivity contribution < 1.29 is 4.79 Å². The van der Waals surface area contributed by atoms with Gasteiger partial charge in [-0.1, -0.05) is 29.8 Å². The number of anilines is 1. The van der Waals surface area contributed by atoms with E-state index in [4.69, 9.17) is 0 Å². The van der Waals surface area contributed by atoms with Crippen molar-refractivity contribution >= 4 is 17.8 Å². The van der Waals surface area contributed by atoms with Crippen molar-refractivity contribution in [2.24, 2.45) is 0 Å². The summed E-state index contributed by atoms with van der Waals surface area (Å²) in [7, 11) is 0. The summed E-state index contributed by atoms with van der Waals surface area (Å²) in [6, 6.07) is 9.73. The largest absolute Gasteiger partial charge is 0.306 e. The van der Waals surface area contributed by atoms with Gasteiger partial charge in [0.2, 0.25) is 5.91 Å². The number of nitrogens with zero attached hydrogens (tertiary/aromatic N) is 1. The lowest BCUT2D eigenvalue weighted by molar-refractivity contribution is -0.111. The molecule has 0 saturated carbocycles. The molecule has 1 amide bonds. The summed E-state index contributed by atoms with van der Waals surface area (Å²) in [5.74, 6) is 0.341. The Morgan fingerprint density at radius 1 is 1.28 bits per heavy atom. The van der Waals surface area contributed by atoms with Crippen molar-refractivity contribution in [1.82, 2.24) is 10.2 Å². The second kappa shape index (κ2) is 5.31. The molecule has 1 heterocycles. The number of hydrogen-bond donors (Lipinski definition) is 2. The molecule has 0 radical (unpaired) electrons. The normalized spacial score (nSPS) is 10.8. The van der Waals surface area contributed by atoms with E-state index in [1.54, 1.807) is 12.1 Å². The highest BCUT2D eigenvalue weighted by molar-refractivity contribution is 6.01. The lowest BCUT2D eigenvalue weighted by Crippen LogP contribution is -2.07. The molecule has 18 heavy (non-hydrogen) atoms. The summed E-state index contributed by atoms with van der Waals surface area (Å²) in [5, 5.41) is 9.37. The van der Waals surface area contributed by atoms with Crippen LogP contribution in [-0.4, -0.2) is 16.1 Å². The van der Waals surface area contributed by atoms with Gasteiger partial charge >= 0.3 is 0 Å². The molecule has 0 bridgehead atoms. The zero-order chi connectivity index (χ0) is 13.0. The van der Waals surface area contributed by atoms with E-state index < -0.39 is 0 Å². The third kappa shape index (κ3) is 3.31. The number of aryl methyl sites for hydroxylation is 2. The molecule has 2 rings (SSSR count). The molecule has 2 N–H and O–H groups in total. The zero-order valence-electron chi connectivity index (χ0n) is 10.4. The van der Waals surface area contributed by atoms with Crippen LogP contribution in [0.4, 0.5) is 5.82 Å². The van der Waals surface area contributed by atoms with Crippen LogP contribution in [0.3, 0.4) is 0 Å². The monoisotopic (exact) mass is 241 g/mol. The van der Waals surface area contributed by atoms with Crippen LogP contribution in [0.2, 0.25) is 0 Å². The quantitative estimate of drug-likeness (QED) is 0.812. The third-order valence-electron chi connectivity index (χ3n) is 2.46. The second-order valence-electron chi connectivity index (χ2n) is 4.17. The highest BCUT2D eigenvalue weighted by atomic mass is 16.1. The minimum absolute atomic E-state index is 0.193. The molecular formula is C14H15N3O. The fraction of sp³-hybridized carbons (Fsp3) is 0.143. The van der Waals surface area contributed by atoms with Crippen molar-refractivity contribution in [2.45, 2.75) is 13.8 Å². The number of aromatic nitrogens is 2. The van der Waals surface area contributed by atoms with E-state index >= 15 is 0 Å². The first kappa shape index (κ1) is 12.1. The van der Waals surface area contributed by atoms with Crippen molar-refractivity contribution in [2.75, 3.05) is 5.32 Å². The Balaban J connectivity index is 1.96. The Labute approximate surface area is 106 Å². The van der Waals surface area contributed by atoms with Gasteiger partial charge in [-0.25, -0.2) is 0 Å². The zero-order valence-corrected chi connectivity index (χ0v) is 10.4. The highest BCUT2D eigenvalue weighted by Gasteiger charge is 2.00. The van der Waals surface area contributed by atoms with Crippen LogP contribution >= 0.6 is 0 Å². The number of carbonyl (C=O) groups excluding carboxylic acids is 1. The number of amides is 1. The van der Waals surface area contributed by atoms with E-state index in [1.165, 1.54) is 11.6 Å². The van der Waals surface area contributed by atoms with Crippen LogP contribution < -0.4 is 5.32 Å². The number of benzene rings is 1. The number of nitrogens with one attached hydrogen (secondary N) is 2. The van der Waals surface area contributed by atoms with Crippen LogP contribution in [0.25, 0.3) is 6.08 Å². The topological polar surface area (TPSA) is 57.8 Å². The molecule has 92 valence electrons. The van der Waals surface area contributed by atoms with Gasteiger partial charge in [-0.05, 0) is 25.5 Å². The highest BCUT2D eigenvalue weighted by Crippen LogP contribution is 2.06. The maximum atomic E-state index is 11.6. The van der Waals surface area contributed by atoms with Gasteiger partial charge in [0.15, 0.2) is 5.82 Å². The minimum Gasteiger partial charge on any atom is -0.306 e. The predicted molar refractivity (Wildman–Crippen MR) is 72.2 cm³/mol. The van der Waals surface area contributed by atoms with Gasteiger partial charge in [0, 0.05) is 17.8 Å². The molecule has 0 spiro atoms. The number of carbonyl (C=O) groups is 1. The smallest absolute Gasteiger partial charge is 0.249 e. The Kier molecular flexibility index (Phi) is 3.57. The molecule has 2 aromatic rings. The molecule has 0 fully saturated rings. The lowest BCUT2D eigenvalue weighted by atomic mass is 10.1. The molecule has 0 atom stereocenters. The summed E-state index contributed by atoms with van der Waals surface area (Å²) in [4.78, 5) is 11.6. The van der Waals surface area contributed by atoms with E-state index in [1.807, 2.05) is 38.1 Å². The van der Waals surface area contributed by atoms with E-state index in [0.717, 1.165) is 11.3 Å².